The molecule has 1 aliphatic rings. The van der Waals surface area contributed by atoms with E-state index in [1.165, 1.54) is 30.6 Å². The normalized spacial score (nSPS) is 14.9. The first kappa shape index (κ1) is 12.2. The Labute approximate surface area is 112 Å². The topological polar surface area (TPSA) is 3.24 Å². The van der Waals surface area contributed by atoms with Crippen molar-refractivity contribution in [2.75, 3.05) is 11.4 Å². The molecule has 1 aromatic carbocycles. The molecule has 0 N–H and O–H groups in total. The van der Waals surface area contributed by atoms with Crippen molar-refractivity contribution in [2.45, 2.75) is 32.7 Å². The molecule has 0 unspecified atom stereocenters. The quantitative estimate of drug-likeness (QED) is 0.704. The third kappa shape index (κ3) is 2.38. The van der Waals surface area contributed by atoms with Gasteiger partial charge < -0.3 is 4.90 Å². The monoisotopic (exact) mass is 263 g/mol. The third-order valence-corrected chi connectivity index (χ3v) is 2.70. The zero-order valence-corrected chi connectivity index (χ0v) is 11.8. The van der Waals surface area contributed by atoms with Crippen molar-refractivity contribution in [3.05, 3.63) is 29.8 Å². The zero-order chi connectivity index (χ0) is 9.26. The largest absolute Gasteiger partial charge is 0.391 e. The van der Waals surface area contributed by atoms with Crippen LogP contribution in [0.25, 0.3) is 0 Å². The summed E-state index contributed by atoms with van der Waals surface area (Å²) in [5.74, 6) is 0. The molecule has 0 bridgehead atoms. The second kappa shape index (κ2) is 5.27. The molecule has 1 nitrogen and oxygen atoms in total. The number of fused-ring (bicyclic) bond motifs is 1. The molecule has 0 saturated carbocycles. The molecule has 0 spiro atoms. The molecule has 0 aliphatic carbocycles. The van der Waals surface area contributed by atoms with Crippen LogP contribution in [0.2, 0.25) is 0 Å². The summed E-state index contributed by atoms with van der Waals surface area (Å²) in [6.45, 7) is 5.71. The Kier molecular flexibility index (Phi) is 4.59. The molecule has 0 amide bonds. The van der Waals surface area contributed by atoms with Crippen LogP contribution < -0.4 is 4.90 Å². The number of anilines is 1. The van der Waals surface area contributed by atoms with E-state index in [0.717, 1.165) is 0 Å². The van der Waals surface area contributed by atoms with Gasteiger partial charge in [-0.25, -0.2) is 0 Å². The van der Waals surface area contributed by atoms with E-state index in [-0.39, 0.29) is 32.7 Å². The SMILES string of the molecule is CC(C)N1CCCc2c[c-]ccc21.[Y]. The summed E-state index contributed by atoms with van der Waals surface area (Å²) in [6, 6.07) is 10.1. The summed E-state index contributed by atoms with van der Waals surface area (Å²) in [5.41, 5.74) is 2.88. The molecule has 2 rings (SSSR count). The van der Waals surface area contributed by atoms with Gasteiger partial charge in [-0.05, 0) is 20.3 Å². The number of benzene rings is 1. The van der Waals surface area contributed by atoms with Crippen LogP contribution in [0.4, 0.5) is 5.69 Å². The van der Waals surface area contributed by atoms with Gasteiger partial charge in [-0.3, -0.25) is 0 Å². The Morgan fingerprint density at radius 1 is 1.43 bits per heavy atom. The molecule has 2 heteroatoms. The summed E-state index contributed by atoms with van der Waals surface area (Å²) in [7, 11) is 0. The van der Waals surface area contributed by atoms with Gasteiger partial charge in [0.2, 0.25) is 0 Å². The minimum atomic E-state index is 0. The van der Waals surface area contributed by atoms with E-state index in [4.69, 9.17) is 0 Å². The number of nitrogens with zero attached hydrogens (tertiary/aromatic N) is 1. The first-order chi connectivity index (χ1) is 6.29. The molecule has 0 atom stereocenters. The van der Waals surface area contributed by atoms with Crippen molar-refractivity contribution in [2.24, 2.45) is 0 Å². The maximum atomic E-state index is 3.15. The van der Waals surface area contributed by atoms with Gasteiger partial charge in [-0.15, -0.1) is 11.6 Å². The minimum Gasteiger partial charge on any atom is -0.391 e. The van der Waals surface area contributed by atoms with Gasteiger partial charge in [0, 0.05) is 45.3 Å². The average Bonchev–Trinajstić information content (AvgIpc) is 2.17. The average molecular weight is 263 g/mol. The van der Waals surface area contributed by atoms with Gasteiger partial charge in [-0.1, -0.05) is 12.1 Å². The van der Waals surface area contributed by atoms with E-state index < -0.39 is 0 Å². The van der Waals surface area contributed by atoms with E-state index in [9.17, 15) is 0 Å². The van der Waals surface area contributed by atoms with Crippen molar-refractivity contribution in [1.82, 2.24) is 0 Å². The molecule has 1 heterocycles. The Bertz CT molecular complexity index is 296. The van der Waals surface area contributed by atoms with Gasteiger partial charge in [0.15, 0.2) is 0 Å². The second-order valence-electron chi connectivity index (χ2n) is 3.95. The van der Waals surface area contributed by atoms with Crippen LogP contribution in [0.5, 0.6) is 0 Å². The standard InChI is InChI=1S/C12H16N.Y/c1-10(2)13-9-5-7-11-6-3-4-8-12(11)13;/h4,6,8,10H,5,7,9H2,1-2H3;/q-1;. The van der Waals surface area contributed by atoms with Crippen LogP contribution in [-0.2, 0) is 39.1 Å². The van der Waals surface area contributed by atoms with Crippen LogP contribution in [0.15, 0.2) is 18.2 Å². The Morgan fingerprint density at radius 2 is 2.21 bits per heavy atom. The number of rotatable bonds is 1. The Hall–Kier alpha value is 0.124. The fraction of sp³-hybridized carbons (Fsp3) is 0.500. The van der Waals surface area contributed by atoms with E-state index in [0.29, 0.717) is 6.04 Å². The van der Waals surface area contributed by atoms with Gasteiger partial charge in [0.05, 0.1) is 0 Å². The maximum Gasteiger partial charge on any atom is 0.0212 e. The summed E-state index contributed by atoms with van der Waals surface area (Å²) >= 11 is 0. The van der Waals surface area contributed by atoms with Crippen molar-refractivity contribution < 1.29 is 32.7 Å². The maximum absolute atomic E-state index is 3.15. The molecular weight excluding hydrogens is 247 g/mol. The Balaban J connectivity index is 0.000000980. The molecule has 14 heavy (non-hydrogen) atoms. The van der Waals surface area contributed by atoms with Crippen molar-refractivity contribution in [3.63, 3.8) is 0 Å². The van der Waals surface area contributed by atoms with Crippen molar-refractivity contribution in [1.29, 1.82) is 0 Å². The van der Waals surface area contributed by atoms with Gasteiger partial charge in [0.25, 0.3) is 0 Å². The summed E-state index contributed by atoms with van der Waals surface area (Å²) in [4.78, 5) is 2.48. The summed E-state index contributed by atoms with van der Waals surface area (Å²) < 4.78 is 0. The van der Waals surface area contributed by atoms with Crippen molar-refractivity contribution in [3.8, 4) is 0 Å². The third-order valence-electron chi connectivity index (χ3n) is 2.70. The van der Waals surface area contributed by atoms with Crippen LogP contribution in [0.3, 0.4) is 0 Å². The van der Waals surface area contributed by atoms with Crippen molar-refractivity contribution >= 4 is 5.69 Å². The van der Waals surface area contributed by atoms with E-state index in [2.05, 4.69) is 36.9 Å². The van der Waals surface area contributed by atoms with E-state index in [1.807, 2.05) is 6.07 Å². The molecule has 73 valence electrons. The fourth-order valence-electron chi connectivity index (χ4n) is 2.03. The smallest absolute Gasteiger partial charge is 0.0212 e. The zero-order valence-electron chi connectivity index (χ0n) is 8.96. The predicted molar refractivity (Wildman–Crippen MR) is 56.1 cm³/mol. The minimum absolute atomic E-state index is 0. The first-order valence-electron chi connectivity index (χ1n) is 5.04. The van der Waals surface area contributed by atoms with Gasteiger partial charge >= 0.3 is 0 Å². The fourth-order valence-corrected chi connectivity index (χ4v) is 2.03. The second-order valence-corrected chi connectivity index (χ2v) is 3.95. The summed E-state index contributed by atoms with van der Waals surface area (Å²) in [6.07, 6.45) is 2.50. The van der Waals surface area contributed by atoms with E-state index in [1.54, 1.807) is 0 Å². The molecule has 1 aromatic rings. The number of aryl methyl sites for hydroxylation is 1. The van der Waals surface area contributed by atoms with Gasteiger partial charge in [0.1, 0.15) is 0 Å². The number of hydrogen-bond acceptors (Lipinski definition) is 1. The van der Waals surface area contributed by atoms with Crippen LogP contribution in [0, 0.1) is 6.07 Å². The van der Waals surface area contributed by atoms with Crippen LogP contribution in [0.1, 0.15) is 25.8 Å². The Morgan fingerprint density at radius 3 is 2.93 bits per heavy atom. The van der Waals surface area contributed by atoms with Gasteiger partial charge in [-0.2, -0.15) is 18.2 Å². The van der Waals surface area contributed by atoms with Crippen LogP contribution >= 0.6 is 0 Å². The molecular formula is C12H16NY-. The molecule has 0 saturated heterocycles. The first-order valence-corrected chi connectivity index (χ1v) is 5.04. The number of hydrogen-bond donors (Lipinski definition) is 0. The molecule has 0 aromatic heterocycles. The molecule has 1 radical (unpaired) electrons. The summed E-state index contributed by atoms with van der Waals surface area (Å²) in [5, 5.41) is 0. The molecule has 0 fully saturated rings. The predicted octanol–water partition coefficient (Wildman–Crippen LogP) is 2.65. The van der Waals surface area contributed by atoms with Crippen LogP contribution in [-0.4, -0.2) is 12.6 Å². The van der Waals surface area contributed by atoms with E-state index >= 15 is 0 Å². The molecule has 1 aliphatic heterocycles.